The molecule has 94 valence electrons. The molecule has 0 unspecified atom stereocenters. The molecule has 4 nitrogen and oxygen atoms in total. The summed E-state index contributed by atoms with van der Waals surface area (Å²) in [5.41, 5.74) is 6.38. The van der Waals surface area contributed by atoms with Gasteiger partial charge in [0.25, 0.3) is 0 Å². The fourth-order valence-corrected chi connectivity index (χ4v) is 1.66. The maximum atomic E-state index is 11.3. The van der Waals surface area contributed by atoms with Crippen molar-refractivity contribution >= 4 is 27.5 Å². The van der Waals surface area contributed by atoms with E-state index in [0.717, 1.165) is 4.47 Å². The minimum Gasteiger partial charge on any atom is -0.491 e. The topological polar surface area (TPSA) is 55.6 Å². The van der Waals surface area contributed by atoms with Crippen molar-refractivity contribution in [2.45, 2.75) is 12.8 Å². The predicted molar refractivity (Wildman–Crippen MR) is 72.0 cm³/mol. The Hall–Kier alpha value is -1.23. The summed E-state index contributed by atoms with van der Waals surface area (Å²) in [6, 6.07) is 5.48. The van der Waals surface area contributed by atoms with Crippen molar-refractivity contribution in [3.05, 3.63) is 22.7 Å². The zero-order valence-corrected chi connectivity index (χ0v) is 11.7. The molecule has 0 heterocycles. The summed E-state index contributed by atoms with van der Waals surface area (Å²) in [5, 5.41) is 0. The maximum absolute atomic E-state index is 11.3. The molecule has 0 aliphatic rings. The molecule has 0 fully saturated rings. The molecule has 0 spiro atoms. The van der Waals surface area contributed by atoms with E-state index < -0.39 is 0 Å². The number of anilines is 1. The highest BCUT2D eigenvalue weighted by Gasteiger charge is 2.04. The van der Waals surface area contributed by atoms with Crippen LogP contribution >= 0.6 is 15.9 Å². The lowest BCUT2D eigenvalue weighted by molar-refractivity contribution is -0.128. The van der Waals surface area contributed by atoms with Gasteiger partial charge in [-0.2, -0.15) is 0 Å². The Morgan fingerprint density at radius 2 is 2.18 bits per heavy atom. The molecule has 0 radical (unpaired) electrons. The SMILES string of the molecule is CN(C)C(=O)CCCOc1ccc(Br)cc1N. The summed E-state index contributed by atoms with van der Waals surface area (Å²) < 4.78 is 6.43. The molecule has 1 aromatic carbocycles. The number of hydrogen-bond donors (Lipinski definition) is 1. The van der Waals surface area contributed by atoms with Crippen LogP contribution in [0.15, 0.2) is 22.7 Å². The van der Waals surface area contributed by atoms with E-state index in [-0.39, 0.29) is 5.91 Å². The van der Waals surface area contributed by atoms with Crippen LogP contribution in [0.3, 0.4) is 0 Å². The molecule has 0 bridgehead atoms. The number of rotatable bonds is 5. The highest BCUT2D eigenvalue weighted by Crippen LogP contribution is 2.25. The molecule has 0 aromatic heterocycles. The third-order valence-corrected chi connectivity index (χ3v) is 2.76. The molecular formula is C12H17BrN2O2. The molecule has 0 atom stereocenters. The lowest BCUT2D eigenvalue weighted by Gasteiger charge is -2.11. The van der Waals surface area contributed by atoms with E-state index in [1.165, 1.54) is 0 Å². The Kier molecular flexibility index (Phi) is 5.28. The zero-order chi connectivity index (χ0) is 12.8. The van der Waals surface area contributed by atoms with Crippen molar-refractivity contribution in [2.75, 3.05) is 26.4 Å². The lowest BCUT2D eigenvalue weighted by atomic mass is 10.3. The highest BCUT2D eigenvalue weighted by molar-refractivity contribution is 9.10. The number of ether oxygens (including phenoxy) is 1. The number of amides is 1. The van der Waals surface area contributed by atoms with E-state index in [1.807, 2.05) is 12.1 Å². The first-order valence-electron chi connectivity index (χ1n) is 5.38. The van der Waals surface area contributed by atoms with Gasteiger partial charge in [0, 0.05) is 25.0 Å². The molecular weight excluding hydrogens is 284 g/mol. The molecule has 0 saturated carbocycles. The van der Waals surface area contributed by atoms with Crippen molar-refractivity contribution in [1.82, 2.24) is 4.90 Å². The number of benzene rings is 1. The van der Waals surface area contributed by atoms with Gasteiger partial charge in [0.15, 0.2) is 0 Å². The van der Waals surface area contributed by atoms with Crippen LogP contribution in [0.4, 0.5) is 5.69 Å². The van der Waals surface area contributed by atoms with E-state index in [1.54, 1.807) is 25.1 Å². The lowest BCUT2D eigenvalue weighted by Crippen LogP contribution is -2.21. The van der Waals surface area contributed by atoms with Crippen LogP contribution in [0.1, 0.15) is 12.8 Å². The normalized spacial score (nSPS) is 10.1. The largest absolute Gasteiger partial charge is 0.491 e. The third kappa shape index (κ3) is 4.65. The van der Waals surface area contributed by atoms with Gasteiger partial charge in [-0.3, -0.25) is 4.79 Å². The van der Waals surface area contributed by atoms with Crippen molar-refractivity contribution < 1.29 is 9.53 Å². The van der Waals surface area contributed by atoms with E-state index >= 15 is 0 Å². The second-order valence-corrected chi connectivity index (χ2v) is 4.84. The van der Waals surface area contributed by atoms with Crippen LogP contribution in [0.25, 0.3) is 0 Å². The number of hydrogen-bond acceptors (Lipinski definition) is 3. The summed E-state index contributed by atoms with van der Waals surface area (Å²) in [4.78, 5) is 12.9. The quantitative estimate of drug-likeness (QED) is 0.670. The molecule has 0 aliphatic carbocycles. The number of nitrogen functional groups attached to an aromatic ring is 1. The molecule has 2 N–H and O–H groups in total. The van der Waals surface area contributed by atoms with Crippen LogP contribution in [-0.2, 0) is 4.79 Å². The summed E-state index contributed by atoms with van der Waals surface area (Å²) in [5.74, 6) is 0.767. The maximum Gasteiger partial charge on any atom is 0.222 e. The average Bonchev–Trinajstić information content (AvgIpc) is 2.26. The van der Waals surface area contributed by atoms with Gasteiger partial charge in [-0.1, -0.05) is 15.9 Å². The molecule has 17 heavy (non-hydrogen) atoms. The van der Waals surface area contributed by atoms with Gasteiger partial charge < -0.3 is 15.4 Å². The number of carbonyl (C=O) groups is 1. The first-order valence-corrected chi connectivity index (χ1v) is 6.18. The van der Waals surface area contributed by atoms with E-state index in [4.69, 9.17) is 10.5 Å². The van der Waals surface area contributed by atoms with Crippen LogP contribution in [0.2, 0.25) is 0 Å². The number of halogens is 1. The Balaban J connectivity index is 2.34. The standard InChI is InChI=1S/C12H17BrN2O2/c1-15(2)12(16)4-3-7-17-11-6-5-9(13)8-10(11)14/h5-6,8H,3-4,7,14H2,1-2H3. The zero-order valence-electron chi connectivity index (χ0n) is 10.1. The van der Waals surface area contributed by atoms with Crippen molar-refractivity contribution in [1.29, 1.82) is 0 Å². The third-order valence-electron chi connectivity index (χ3n) is 2.26. The minimum atomic E-state index is 0.109. The van der Waals surface area contributed by atoms with Gasteiger partial charge in [-0.05, 0) is 24.6 Å². The fourth-order valence-electron chi connectivity index (χ4n) is 1.28. The van der Waals surface area contributed by atoms with Crippen LogP contribution in [0.5, 0.6) is 5.75 Å². The van der Waals surface area contributed by atoms with Crippen molar-refractivity contribution in [3.63, 3.8) is 0 Å². The Bertz CT molecular complexity index is 394. The second kappa shape index (κ2) is 6.49. The number of nitrogens with two attached hydrogens (primary N) is 1. The van der Waals surface area contributed by atoms with Gasteiger partial charge in [0.1, 0.15) is 5.75 Å². The highest BCUT2D eigenvalue weighted by atomic mass is 79.9. The van der Waals surface area contributed by atoms with E-state index in [2.05, 4.69) is 15.9 Å². The molecule has 1 rings (SSSR count). The Morgan fingerprint density at radius 1 is 1.47 bits per heavy atom. The molecule has 0 saturated heterocycles. The minimum absolute atomic E-state index is 0.109. The first kappa shape index (κ1) is 13.8. The van der Waals surface area contributed by atoms with Crippen molar-refractivity contribution in [2.24, 2.45) is 0 Å². The van der Waals surface area contributed by atoms with Crippen molar-refractivity contribution in [3.8, 4) is 5.75 Å². The second-order valence-electron chi connectivity index (χ2n) is 3.92. The number of carbonyl (C=O) groups excluding carboxylic acids is 1. The molecule has 0 aliphatic heterocycles. The summed E-state index contributed by atoms with van der Waals surface area (Å²) in [6.07, 6.45) is 1.18. The summed E-state index contributed by atoms with van der Waals surface area (Å²) >= 11 is 3.33. The monoisotopic (exact) mass is 300 g/mol. The van der Waals surface area contributed by atoms with Crippen LogP contribution < -0.4 is 10.5 Å². The first-order chi connectivity index (χ1) is 8.00. The fraction of sp³-hybridized carbons (Fsp3) is 0.417. The van der Waals surface area contributed by atoms with Crippen LogP contribution in [0, 0.1) is 0 Å². The smallest absolute Gasteiger partial charge is 0.222 e. The van der Waals surface area contributed by atoms with E-state index in [9.17, 15) is 4.79 Å². The Morgan fingerprint density at radius 3 is 2.76 bits per heavy atom. The van der Waals surface area contributed by atoms with Crippen LogP contribution in [-0.4, -0.2) is 31.5 Å². The van der Waals surface area contributed by atoms with Gasteiger partial charge in [-0.25, -0.2) is 0 Å². The Labute approximate surface area is 110 Å². The molecule has 1 amide bonds. The average molecular weight is 301 g/mol. The summed E-state index contributed by atoms with van der Waals surface area (Å²) in [7, 11) is 3.49. The van der Waals surface area contributed by atoms with Gasteiger partial charge in [-0.15, -0.1) is 0 Å². The summed E-state index contributed by atoms with van der Waals surface area (Å²) in [6.45, 7) is 0.491. The number of nitrogens with zero attached hydrogens (tertiary/aromatic N) is 1. The van der Waals surface area contributed by atoms with Gasteiger partial charge in [0.05, 0.1) is 12.3 Å². The molecule has 1 aromatic rings. The van der Waals surface area contributed by atoms with Gasteiger partial charge in [0.2, 0.25) is 5.91 Å². The molecule has 5 heteroatoms. The van der Waals surface area contributed by atoms with Gasteiger partial charge >= 0.3 is 0 Å². The van der Waals surface area contributed by atoms with E-state index in [0.29, 0.717) is 30.9 Å². The predicted octanol–water partition coefficient (Wildman–Crippen LogP) is 2.28.